The molecule has 1 aliphatic rings. The molecule has 2 amide bonds. The summed E-state index contributed by atoms with van der Waals surface area (Å²) in [5.74, 6) is -0.725. The van der Waals surface area contributed by atoms with Gasteiger partial charge in [0.05, 0.1) is 11.1 Å². The number of nitrogens with zero attached hydrogens (tertiary/aromatic N) is 1. The summed E-state index contributed by atoms with van der Waals surface area (Å²) in [5.41, 5.74) is 1.38. The van der Waals surface area contributed by atoms with Gasteiger partial charge >= 0.3 is 6.18 Å². The number of hydrogen-bond donors (Lipinski definition) is 2. The monoisotopic (exact) mass is 513 g/mol. The standard InChI is InChI=1S/C28H27F4N3O2/c1-18-12-14-35(15-13-18)25-11-10-23(34-26(36)20-4-6-21(7-5-20)28(30,31)32)16-24(25)27(37)33-17-19-2-8-22(29)9-3-19/h2-11,16,18H,12-15,17H2,1H3,(H,33,37)(H,34,36). The predicted molar refractivity (Wildman–Crippen MR) is 134 cm³/mol. The first-order chi connectivity index (χ1) is 17.6. The molecule has 5 nitrogen and oxygen atoms in total. The summed E-state index contributed by atoms with van der Waals surface area (Å²) in [6, 6.07) is 14.7. The molecule has 9 heteroatoms. The molecule has 1 saturated heterocycles. The summed E-state index contributed by atoms with van der Waals surface area (Å²) in [6.45, 7) is 3.96. The lowest BCUT2D eigenvalue weighted by Crippen LogP contribution is -2.35. The Balaban J connectivity index is 1.54. The molecule has 0 bridgehead atoms. The lowest BCUT2D eigenvalue weighted by Gasteiger charge is -2.33. The highest BCUT2D eigenvalue weighted by Crippen LogP contribution is 2.30. The van der Waals surface area contributed by atoms with Gasteiger partial charge in [0.2, 0.25) is 0 Å². The molecule has 1 fully saturated rings. The fourth-order valence-electron chi connectivity index (χ4n) is 4.21. The first-order valence-electron chi connectivity index (χ1n) is 12.0. The van der Waals surface area contributed by atoms with Crippen LogP contribution in [0.15, 0.2) is 66.7 Å². The fourth-order valence-corrected chi connectivity index (χ4v) is 4.21. The van der Waals surface area contributed by atoms with Crippen LogP contribution in [0.5, 0.6) is 0 Å². The van der Waals surface area contributed by atoms with Crippen LogP contribution >= 0.6 is 0 Å². The molecule has 0 spiro atoms. The zero-order valence-corrected chi connectivity index (χ0v) is 20.2. The minimum absolute atomic E-state index is 0.0596. The average Bonchev–Trinajstić information content (AvgIpc) is 2.88. The molecule has 4 rings (SSSR count). The Morgan fingerprint density at radius 3 is 2.19 bits per heavy atom. The van der Waals surface area contributed by atoms with Gasteiger partial charge in [-0.1, -0.05) is 19.1 Å². The summed E-state index contributed by atoms with van der Waals surface area (Å²) in [6.07, 6.45) is -2.51. The van der Waals surface area contributed by atoms with Crippen LogP contribution in [0.2, 0.25) is 0 Å². The first kappa shape index (κ1) is 26.2. The molecular weight excluding hydrogens is 486 g/mol. The number of nitrogens with one attached hydrogen (secondary N) is 2. The molecule has 0 aromatic heterocycles. The Morgan fingerprint density at radius 2 is 1.57 bits per heavy atom. The van der Waals surface area contributed by atoms with E-state index in [1.807, 2.05) is 0 Å². The number of carbonyl (C=O) groups excluding carboxylic acids is 2. The van der Waals surface area contributed by atoms with Gasteiger partial charge in [0.1, 0.15) is 5.82 Å². The Kier molecular flexibility index (Phi) is 7.80. The van der Waals surface area contributed by atoms with Crippen molar-refractivity contribution in [3.63, 3.8) is 0 Å². The Hall–Kier alpha value is -3.88. The molecule has 1 aliphatic heterocycles. The van der Waals surface area contributed by atoms with Crippen molar-refractivity contribution in [3.05, 3.63) is 94.8 Å². The molecule has 194 valence electrons. The van der Waals surface area contributed by atoms with Crippen LogP contribution in [-0.4, -0.2) is 24.9 Å². The maximum atomic E-state index is 13.2. The van der Waals surface area contributed by atoms with Gasteiger partial charge in [0.25, 0.3) is 11.8 Å². The van der Waals surface area contributed by atoms with Crippen molar-refractivity contribution in [1.29, 1.82) is 0 Å². The van der Waals surface area contributed by atoms with Crippen molar-refractivity contribution in [1.82, 2.24) is 5.32 Å². The van der Waals surface area contributed by atoms with Crippen molar-refractivity contribution < 1.29 is 27.2 Å². The van der Waals surface area contributed by atoms with Crippen molar-refractivity contribution in [2.45, 2.75) is 32.5 Å². The second-order valence-electron chi connectivity index (χ2n) is 9.24. The summed E-state index contributed by atoms with van der Waals surface area (Å²) in [5, 5.41) is 5.52. The van der Waals surface area contributed by atoms with E-state index in [1.165, 1.54) is 12.1 Å². The number of anilines is 2. The van der Waals surface area contributed by atoms with Gasteiger partial charge in [0.15, 0.2) is 0 Å². The van der Waals surface area contributed by atoms with E-state index in [0.29, 0.717) is 17.2 Å². The molecule has 0 aliphatic carbocycles. The van der Waals surface area contributed by atoms with Crippen LogP contribution in [0.1, 0.15) is 51.6 Å². The van der Waals surface area contributed by atoms with Crippen LogP contribution < -0.4 is 15.5 Å². The minimum Gasteiger partial charge on any atom is -0.371 e. The van der Waals surface area contributed by atoms with Crippen LogP contribution in [-0.2, 0) is 12.7 Å². The molecule has 0 radical (unpaired) electrons. The van der Waals surface area contributed by atoms with E-state index in [2.05, 4.69) is 22.5 Å². The second kappa shape index (κ2) is 11.0. The second-order valence-corrected chi connectivity index (χ2v) is 9.24. The lowest BCUT2D eigenvalue weighted by molar-refractivity contribution is -0.137. The van der Waals surface area contributed by atoms with E-state index in [-0.39, 0.29) is 23.8 Å². The largest absolute Gasteiger partial charge is 0.416 e. The highest BCUT2D eigenvalue weighted by atomic mass is 19.4. The fraction of sp³-hybridized carbons (Fsp3) is 0.286. The summed E-state index contributed by atoms with van der Waals surface area (Å²) in [7, 11) is 0. The molecule has 0 saturated carbocycles. The zero-order valence-electron chi connectivity index (χ0n) is 20.2. The average molecular weight is 514 g/mol. The summed E-state index contributed by atoms with van der Waals surface area (Å²) >= 11 is 0. The van der Waals surface area contributed by atoms with Gasteiger partial charge in [0, 0.05) is 36.6 Å². The lowest BCUT2D eigenvalue weighted by atomic mass is 9.97. The normalized spacial score (nSPS) is 14.4. The maximum absolute atomic E-state index is 13.2. The number of rotatable bonds is 6. The smallest absolute Gasteiger partial charge is 0.371 e. The first-order valence-corrected chi connectivity index (χ1v) is 12.0. The predicted octanol–water partition coefficient (Wildman–Crippen LogP) is 6.26. The number of carbonyl (C=O) groups is 2. The third-order valence-corrected chi connectivity index (χ3v) is 6.46. The van der Waals surface area contributed by atoms with Crippen LogP contribution in [0.25, 0.3) is 0 Å². The van der Waals surface area contributed by atoms with Gasteiger partial charge in [-0.15, -0.1) is 0 Å². The molecule has 3 aromatic carbocycles. The van der Waals surface area contributed by atoms with E-state index >= 15 is 0 Å². The van der Waals surface area contributed by atoms with Crippen molar-refractivity contribution in [2.24, 2.45) is 5.92 Å². The van der Waals surface area contributed by atoms with Crippen LogP contribution in [0.3, 0.4) is 0 Å². The Labute approximate surface area is 212 Å². The van der Waals surface area contributed by atoms with Crippen molar-refractivity contribution >= 4 is 23.2 Å². The van der Waals surface area contributed by atoms with E-state index < -0.39 is 17.6 Å². The van der Waals surface area contributed by atoms with Crippen LogP contribution in [0.4, 0.5) is 28.9 Å². The SMILES string of the molecule is CC1CCN(c2ccc(NC(=O)c3ccc(C(F)(F)F)cc3)cc2C(=O)NCc2ccc(F)cc2)CC1. The summed E-state index contributed by atoms with van der Waals surface area (Å²) < 4.78 is 51.7. The molecule has 0 unspecified atom stereocenters. The number of amides is 2. The molecule has 0 atom stereocenters. The van der Waals surface area contributed by atoms with Gasteiger partial charge < -0.3 is 15.5 Å². The minimum atomic E-state index is -4.49. The molecule has 1 heterocycles. The van der Waals surface area contributed by atoms with Gasteiger partial charge in [-0.3, -0.25) is 9.59 Å². The number of piperidine rings is 1. The topological polar surface area (TPSA) is 61.4 Å². The highest BCUT2D eigenvalue weighted by molar-refractivity contribution is 6.06. The van der Waals surface area contributed by atoms with Gasteiger partial charge in [-0.05, 0) is 78.9 Å². The molecular formula is C28H27F4N3O2. The van der Waals surface area contributed by atoms with Crippen molar-refractivity contribution in [2.75, 3.05) is 23.3 Å². The van der Waals surface area contributed by atoms with E-state index in [9.17, 15) is 27.2 Å². The third-order valence-electron chi connectivity index (χ3n) is 6.46. The number of halogens is 4. The van der Waals surface area contributed by atoms with Crippen LogP contribution in [0, 0.1) is 11.7 Å². The molecule has 3 aromatic rings. The molecule has 2 N–H and O–H groups in total. The maximum Gasteiger partial charge on any atom is 0.416 e. The van der Waals surface area contributed by atoms with E-state index in [0.717, 1.165) is 61.4 Å². The quantitative estimate of drug-likeness (QED) is 0.383. The van der Waals surface area contributed by atoms with E-state index in [1.54, 1.807) is 30.3 Å². The van der Waals surface area contributed by atoms with E-state index in [4.69, 9.17) is 0 Å². The highest BCUT2D eigenvalue weighted by Gasteiger charge is 2.30. The van der Waals surface area contributed by atoms with Crippen molar-refractivity contribution in [3.8, 4) is 0 Å². The number of alkyl halides is 3. The Morgan fingerprint density at radius 1 is 0.919 bits per heavy atom. The summed E-state index contributed by atoms with van der Waals surface area (Å²) in [4.78, 5) is 28.0. The third kappa shape index (κ3) is 6.67. The number of benzene rings is 3. The van der Waals surface area contributed by atoms with Gasteiger partial charge in [-0.2, -0.15) is 13.2 Å². The zero-order chi connectivity index (χ0) is 26.6. The van der Waals surface area contributed by atoms with Gasteiger partial charge in [-0.25, -0.2) is 4.39 Å². The Bertz CT molecular complexity index is 1250. The molecule has 37 heavy (non-hydrogen) atoms. The number of hydrogen-bond acceptors (Lipinski definition) is 3.